The summed E-state index contributed by atoms with van der Waals surface area (Å²) in [7, 11) is 0. The van der Waals surface area contributed by atoms with Crippen molar-refractivity contribution in [2.75, 3.05) is 0 Å². The molecule has 0 spiro atoms. The first kappa shape index (κ1) is 11.0. The van der Waals surface area contributed by atoms with Crippen molar-refractivity contribution in [3.63, 3.8) is 0 Å². The van der Waals surface area contributed by atoms with Gasteiger partial charge in [-0.15, -0.1) is 5.10 Å². The van der Waals surface area contributed by atoms with Crippen LogP contribution in [0.15, 0.2) is 24.4 Å². The summed E-state index contributed by atoms with van der Waals surface area (Å²) < 4.78 is 14.9. The van der Waals surface area contributed by atoms with E-state index in [9.17, 15) is 4.39 Å². The second-order valence-electron chi connectivity index (χ2n) is 3.30. The number of aliphatic hydroxyl groups is 1. The number of hydrogen-bond donors (Lipinski definition) is 1. The van der Waals surface area contributed by atoms with Crippen molar-refractivity contribution in [3.05, 3.63) is 46.5 Å². The lowest BCUT2D eigenvalue weighted by Crippen LogP contribution is -2.02. The molecule has 0 atom stereocenters. The van der Waals surface area contributed by atoms with Crippen LogP contribution in [0.3, 0.4) is 0 Å². The zero-order chi connectivity index (χ0) is 11.5. The highest BCUT2D eigenvalue weighted by Gasteiger charge is 2.05. The Hall–Kier alpha value is -1.46. The van der Waals surface area contributed by atoms with Crippen LogP contribution in [-0.4, -0.2) is 20.1 Å². The third kappa shape index (κ3) is 2.37. The van der Waals surface area contributed by atoms with Crippen LogP contribution in [-0.2, 0) is 13.2 Å². The van der Waals surface area contributed by atoms with Gasteiger partial charge in [0.2, 0.25) is 0 Å². The summed E-state index contributed by atoms with van der Waals surface area (Å²) in [6.07, 6.45) is 1.56. The summed E-state index contributed by atoms with van der Waals surface area (Å²) in [5.74, 6) is -0.381. The number of halogens is 2. The van der Waals surface area contributed by atoms with Gasteiger partial charge >= 0.3 is 0 Å². The second kappa shape index (κ2) is 4.59. The Kier molecular flexibility index (Phi) is 3.17. The second-order valence-corrected chi connectivity index (χ2v) is 3.74. The Labute approximate surface area is 96.3 Å². The fourth-order valence-electron chi connectivity index (χ4n) is 1.31. The predicted octanol–water partition coefficient (Wildman–Crippen LogP) is 1.61. The lowest BCUT2D eigenvalue weighted by molar-refractivity contribution is 0.276. The molecule has 4 nitrogen and oxygen atoms in total. The minimum Gasteiger partial charge on any atom is -0.390 e. The highest BCUT2D eigenvalue weighted by atomic mass is 35.5. The first-order chi connectivity index (χ1) is 7.69. The number of aromatic nitrogens is 3. The molecule has 84 valence electrons. The van der Waals surface area contributed by atoms with E-state index in [1.165, 1.54) is 10.7 Å². The van der Waals surface area contributed by atoms with Crippen LogP contribution >= 0.6 is 11.6 Å². The fourth-order valence-corrected chi connectivity index (χ4v) is 1.47. The van der Waals surface area contributed by atoms with Crippen LogP contribution in [0.4, 0.5) is 4.39 Å². The van der Waals surface area contributed by atoms with Crippen LogP contribution < -0.4 is 0 Å². The number of aliphatic hydroxyl groups excluding tert-OH is 1. The quantitative estimate of drug-likeness (QED) is 0.888. The Balaban J connectivity index is 2.20. The fraction of sp³-hybridized carbons (Fsp3) is 0.200. The molecule has 1 aromatic heterocycles. The molecule has 0 bridgehead atoms. The summed E-state index contributed by atoms with van der Waals surface area (Å²) in [4.78, 5) is 0. The van der Waals surface area contributed by atoms with Crippen molar-refractivity contribution >= 4 is 11.6 Å². The lowest BCUT2D eigenvalue weighted by Gasteiger charge is -2.02. The van der Waals surface area contributed by atoms with Gasteiger partial charge in [0.25, 0.3) is 0 Å². The van der Waals surface area contributed by atoms with E-state index in [0.29, 0.717) is 16.3 Å². The molecule has 0 fully saturated rings. The average Bonchev–Trinajstić information content (AvgIpc) is 2.70. The molecule has 2 rings (SSSR count). The molecule has 0 aliphatic rings. The standard InChI is InChI=1S/C10H9ClFN3O/c11-8-2-1-7(10(12)3-8)4-15-5-9(6-16)13-14-15/h1-3,5,16H,4,6H2. The Bertz CT molecular complexity index is 501. The SMILES string of the molecule is OCc1cn(Cc2ccc(Cl)cc2F)nn1. The molecule has 0 aliphatic heterocycles. The molecule has 0 saturated heterocycles. The van der Waals surface area contributed by atoms with Gasteiger partial charge in [0, 0.05) is 10.6 Å². The largest absolute Gasteiger partial charge is 0.390 e. The van der Waals surface area contributed by atoms with Gasteiger partial charge in [-0.3, -0.25) is 0 Å². The van der Waals surface area contributed by atoms with E-state index in [4.69, 9.17) is 16.7 Å². The minimum atomic E-state index is -0.381. The van der Waals surface area contributed by atoms with Crippen molar-refractivity contribution in [1.82, 2.24) is 15.0 Å². The normalized spacial score (nSPS) is 10.7. The van der Waals surface area contributed by atoms with Crippen molar-refractivity contribution in [1.29, 1.82) is 0 Å². The third-order valence-electron chi connectivity index (χ3n) is 2.10. The van der Waals surface area contributed by atoms with Gasteiger partial charge in [-0.1, -0.05) is 22.9 Å². The van der Waals surface area contributed by atoms with Crippen molar-refractivity contribution in [3.8, 4) is 0 Å². The van der Waals surface area contributed by atoms with Crippen molar-refractivity contribution in [2.24, 2.45) is 0 Å². The molecule has 0 unspecified atom stereocenters. The maximum Gasteiger partial charge on any atom is 0.129 e. The average molecular weight is 242 g/mol. The molecule has 0 amide bonds. The number of hydrogen-bond acceptors (Lipinski definition) is 3. The first-order valence-electron chi connectivity index (χ1n) is 4.63. The van der Waals surface area contributed by atoms with E-state index < -0.39 is 0 Å². The minimum absolute atomic E-state index is 0.177. The van der Waals surface area contributed by atoms with Gasteiger partial charge in [-0.25, -0.2) is 9.07 Å². The van der Waals surface area contributed by atoms with E-state index in [1.54, 1.807) is 18.3 Å². The molecule has 0 aliphatic carbocycles. The smallest absolute Gasteiger partial charge is 0.129 e. The van der Waals surface area contributed by atoms with Gasteiger partial charge in [-0.2, -0.15) is 0 Å². The van der Waals surface area contributed by atoms with E-state index in [-0.39, 0.29) is 19.0 Å². The van der Waals surface area contributed by atoms with E-state index >= 15 is 0 Å². The van der Waals surface area contributed by atoms with Gasteiger partial charge in [0.1, 0.15) is 11.5 Å². The van der Waals surface area contributed by atoms with E-state index in [1.807, 2.05) is 0 Å². The van der Waals surface area contributed by atoms with Crippen LogP contribution in [0, 0.1) is 5.82 Å². The number of rotatable bonds is 3. The van der Waals surface area contributed by atoms with E-state index in [2.05, 4.69) is 10.3 Å². The van der Waals surface area contributed by atoms with Gasteiger partial charge in [0.15, 0.2) is 0 Å². The number of nitrogens with zero attached hydrogens (tertiary/aromatic N) is 3. The highest BCUT2D eigenvalue weighted by Crippen LogP contribution is 2.15. The predicted molar refractivity (Wildman–Crippen MR) is 56.5 cm³/mol. The molecule has 1 heterocycles. The highest BCUT2D eigenvalue weighted by molar-refractivity contribution is 6.30. The molecule has 0 saturated carbocycles. The van der Waals surface area contributed by atoms with Crippen LogP contribution in [0.25, 0.3) is 0 Å². The molecule has 16 heavy (non-hydrogen) atoms. The van der Waals surface area contributed by atoms with E-state index in [0.717, 1.165) is 0 Å². The van der Waals surface area contributed by atoms with Crippen LogP contribution in [0.2, 0.25) is 5.02 Å². The topological polar surface area (TPSA) is 50.9 Å². The monoisotopic (exact) mass is 241 g/mol. The molecular formula is C10H9ClFN3O. The van der Waals surface area contributed by atoms with Crippen molar-refractivity contribution < 1.29 is 9.50 Å². The maximum atomic E-state index is 13.4. The number of benzene rings is 1. The summed E-state index contributed by atoms with van der Waals surface area (Å²) in [5, 5.41) is 16.6. The Morgan fingerprint density at radius 2 is 2.25 bits per heavy atom. The van der Waals surface area contributed by atoms with Crippen molar-refractivity contribution in [2.45, 2.75) is 13.2 Å². The lowest BCUT2D eigenvalue weighted by atomic mass is 10.2. The molecule has 0 radical (unpaired) electrons. The molecule has 2 aromatic rings. The van der Waals surface area contributed by atoms with Crippen LogP contribution in [0.5, 0.6) is 0 Å². The Morgan fingerprint density at radius 1 is 1.44 bits per heavy atom. The maximum absolute atomic E-state index is 13.4. The zero-order valence-electron chi connectivity index (χ0n) is 8.27. The molecule has 1 aromatic carbocycles. The molecular weight excluding hydrogens is 233 g/mol. The summed E-state index contributed by atoms with van der Waals surface area (Å²) >= 11 is 5.64. The summed E-state index contributed by atoms with van der Waals surface area (Å²) in [6, 6.07) is 4.46. The zero-order valence-corrected chi connectivity index (χ0v) is 9.02. The van der Waals surface area contributed by atoms with Crippen LogP contribution in [0.1, 0.15) is 11.3 Å². The third-order valence-corrected chi connectivity index (χ3v) is 2.33. The van der Waals surface area contributed by atoms with Gasteiger partial charge in [-0.05, 0) is 12.1 Å². The molecule has 1 N–H and O–H groups in total. The van der Waals surface area contributed by atoms with Gasteiger partial charge in [0.05, 0.1) is 19.3 Å². The van der Waals surface area contributed by atoms with Gasteiger partial charge < -0.3 is 5.11 Å². The Morgan fingerprint density at radius 3 is 2.88 bits per heavy atom. The first-order valence-corrected chi connectivity index (χ1v) is 5.00. The summed E-state index contributed by atoms with van der Waals surface area (Å²) in [6.45, 7) is 0.0824. The summed E-state index contributed by atoms with van der Waals surface area (Å²) in [5.41, 5.74) is 0.924. The molecule has 6 heteroatoms.